The number of nitrogens with one attached hydrogen (secondary N) is 2. The lowest BCUT2D eigenvalue weighted by Gasteiger charge is -2.32. The van der Waals surface area contributed by atoms with Gasteiger partial charge < -0.3 is 14.8 Å². The van der Waals surface area contributed by atoms with E-state index in [1.54, 1.807) is 24.3 Å². The number of hydrogen-bond donors (Lipinski definition) is 2. The Labute approximate surface area is 190 Å². The normalized spacial score (nSPS) is 16.6. The molecule has 10 nitrogen and oxygen atoms in total. The molecule has 1 aromatic heterocycles. The van der Waals surface area contributed by atoms with Crippen LogP contribution in [0.3, 0.4) is 0 Å². The highest BCUT2D eigenvalue weighted by molar-refractivity contribution is 7.91. The van der Waals surface area contributed by atoms with Gasteiger partial charge in [0.05, 0.1) is 11.6 Å². The van der Waals surface area contributed by atoms with E-state index in [9.17, 15) is 22.8 Å². The van der Waals surface area contributed by atoms with Gasteiger partial charge in [0, 0.05) is 26.2 Å². The van der Waals surface area contributed by atoms with Crippen LogP contribution in [-0.2, 0) is 23.1 Å². The van der Waals surface area contributed by atoms with Crippen molar-refractivity contribution < 1.29 is 18.0 Å². The van der Waals surface area contributed by atoms with E-state index >= 15 is 0 Å². The highest BCUT2D eigenvalue weighted by atomic mass is 32.2. The number of hydrogen-bond acceptors (Lipinski definition) is 6. The van der Waals surface area contributed by atoms with Crippen molar-refractivity contribution in [3.8, 4) is 6.07 Å². The van der Waals surface area contributed by atoms with E-state index in [1.807, 2.05) is 6.07 Å². The number of rotatable bonds is 7. The molecule has 0 atom stereocenters. The monoisotopic (exact) mass is 469 g/mol. The topological polar surface area (TPSA) is 141 Å². The fourth-order valence-corrected chi connectivity index (χ4v) is 5.38. The summed E-state index contributed by atoms with van der Waals surface area (Å²) in [5.74, 6) is -0.993. The molecule has 0 unspecified atom stereocenters. The molecule has 4 rings (SSSR count). The van der Waals surface area contributed by atoms with Gasteiger partial charge >= 0.3 is 0 Å². The predicted octanol–water partition coefficient (Wildman–Crippen LogP) is 0.188. The molecule has 33 heavy (non-hydrogen) atoms. The van der Waals surface area contributed by atoms with E-state index in [4.69, 9.17) is 5.26 Å². The molecule has 1 fully saturated rings. The molecule has 1 saturated carbocycles. The minimum atomic E-state index is -3.53. The zero-order valence-electron chi connectivity index (χ0n) is 18.0. The number of sulfonamides is 1. The second-order valence-corrected chi connectivity index (χ2v) is 10.5. The van der Waals surface area contributed by atoms with E-state index in [1.165, 1.54) is 28.6 Å². The molecule has 0 radical (unpaired) electrons. The van der Waals surface area contributed by atoms with Crippen LogP contribution in [0.1, 0.15) is 44.8 Å². The molecule has 11 heteroatoms. The second-order valence-electron chi connectivity index (χ2n) is 8.20. The Bertz CT molecular complexity index is 1320. The van der Waals surface area contributed by atoms with Crippen LogP contribution in [0.4, 0.5) is 0 Å². The molecule has 1 aliphatic carbocycles. The maximum absolute atomic E-state index is 13.0. The Morgan fingerprint density at radius 1 is 1.12 bits per heavy atom. The largest absolute Gasteiger partial charge is 0.348 e. The standard InChI is InChI=1S/C22H23N5O5S/c1-24-33(31,32)22(8-9-22)14-26-10-11-27-18(21(26)30)7-6-17(20(27)29)19(28)25-13-16-4-2-15(12-23)3-5-16/h2-7,24H,8-11,13-14H2,1H3,(H,25,28). The third kappa shape index (κ3) is 4.15. The van der Waals surface area contributed by atoms with Gasteiger partial charge in [0.15, 0.2) is 0 Å². The number of pyridine rings is 1. The Morgan fingerprint density at radius 2 is 1.82 bits per heavy atom. The van der Waals surface area contributed by atoms with Gasteiger partial charge in [-0.25, -0.2) is 13.1 Å². The summed E-state index contributed by atoms with van der Waals surface area (Å²) in [5.41, 5.74) is 0.768. The average molecular weight is 470 g/mol. The van der Waals surface area contributed by atoms with Crippen LogP contribution in [0.5, 0.6) is 0 Å². The Hall–Kier alpha value is -3.49. The zero-order valence-corrected chi connectivity index (χ0v) is 18.8. The summed E-state index contributed by atoms with van der Waals surface area (Å²) < 4.78 is 27.3. The number of fused-ring (bicyclic) bond motifs is 1. The molecule has 0 saturated heterocycles. The van der Waals surface area contributed by atoms with E-state index in [2.05, 4.69) is 10.0 Å². The molecule has 2 heterocycles. The van der Waals surface area contributed by atoms with Crippen LogP contribution in [0.15, 0.2) is 41.2 Å². The minimum Gasteiger partial charge on any atom is -0.348 e. The van der Waals surface area contributed by atoms with Crippen molar-refractivity contribution in [3.05, 3.63) is 69.1 Å². The molecule has 2 aromatic rings. The SMILES string of the molecule is CNS(=O)(=O)C1(CN2CCn3c(ccc(C(=O)NCc4ccc(C#N)cc4)c3=O)C2=O)CC1. The van der Waals surface area contributed by atoms with Crippen molar-refractivity contribution in [1.29, 1.82) is 5.26 Å². The van der Waals surface area contributed by atoms with Gasteiger partial charge in [0.25, 0.3) is 17.4 Å². The first kappa shape index (κ1) is 22.7. The number of benzene rings is 1. The fourth-order valence-electron chi connectivity index (χ4n) is 3.99. The maximum atomic E-state index is 13.0. The van der Waals surface area contributed by atoms with Crippen LogP contribution in [0.25, 0.3) is 0 Å². The number of nitriles is 1. The molecule has 1 aliphatic heterocycles. The highest BCUT2D eigenvalue weighted by Gasteiger charge is 2.55. The van der Waals surface area contributed by atoms with Crippen molar-refractivity contribution in [2.75, 3.05) is 20.1 Å². The minimum absolute atomic E-state index is 0.0655. The third-order valence-electron chi connectivity index (χ3n) is 6.18. The van der Waals surface area contributed by atoms with E-state index < -0.39 is 32.1 Å². The lowest BCUT2D eigenvalue weighted by atomic mass is 10.1. The van der Waals surface area contributed by atoms with Crippen LogP contribution >= 0.6 is 0 Å². The predicted molar refractivity (Wildman–Crippen MR) is 119 cm³/mol. The second kappa shape index (κ2) is 8.46. The van der Waals surface area contributed by atoms with Crippen LogP contribution in [0, 0.1) is 11.3 Å². The van der Waals surface area contributed by atoms with Crippen molar-refractivity contribution in [2.24, 2.45) is 0 Å². The highest BCUT2D eigenvalue weighted by Crippen LogP contribution is 2.43. The third-order valence-corrected chi connectivity index (χ3v) is 8.40. The fraction of sp³-hybridized carbons (Fsp3) is 0.364. The molecule has 2 aliphatic rings. The van der Waals surface area contributed by atoms with Gasteiger partial charge in [-0.15, -0.1) is 0 Å². The van der Waals surface area contributed by atoms with E-state index in [0.717, 1.165) is 5.56 Å². The molecule has 2 amide bonds. The average Bonchev–Trinajstić information content (AvgIpc) is 3.61. The first-order valence-electron chi connectivity index (χ1n) is 10.4. The van der Waals surface area contributed by atoms with Gasteiger partial charge in [-0.3, -0.25) is 14.4 Å². The summed E-state index contributed by atoms with van der Waals surface area (Å²) in [7, 11) is -2.17. The van der Waals surface area contributed by atoms with Crippen LogP contribution in [-0.4, -0.2) is 54.6 Å². The van der Waals surface area contributed by atoms with Gasteiger partial charge in [0.2, 0.25) is 10.0 Å². The first-order chi connectivity index (χ1) is 15.7. The summed E-state index contributed by atoms with van der Waals surface area (Å²) in [6.45, 7) is 0.603. The van der Waals surface area contributed by atoms with Crippen LogP contribution < -0.4 is 15.6 Å². The van der Waals surface area contributed by atoms with E-state index in [0.29, 0.717) is 18.4 Å². The van der Waals surface area contributed by atoms with Crippen molar-refractivity contribution in [3.63, 3.8) is 0 Å². The summed E-state index contributed by atoms with van der Waals surface area (Å²) in [6.07, 6.45) is 0.955. The van der Waals surface area contributed by atoms with Gasteiger partial charge in [-0.1, -0.05) is 12.1 Å². The number of aromatic nitrogens is 1. The Balaban J connectivity index is 1.48. The summed E-state index contributed by atoms with van der Waals surface area (Å²) >= 11 is 0. The Kier molecular flexibility index (Phi) is 5.82. The summed E-state index contributed by atoms with van der Waals surface area (Å²) in [4.78, 5) is 39.9. The molecule has 172 valence electrons. The molecular formula is C22H23N5O5S. The molecule has 0 bridgehead atoms. The lowest BCUT2D eigenvalue weighted by Crippen LogP contribution is -2.51. The zero-order chi connectivity index (χ0) is 23.8. The molecule has 1 aromatic carbocycles. The number of carbonyl (C=O) groups excluding carboxylic acids is 2. The maximum Gasteiger partial charge on any atom is 0.270 e. The number of nitrogens with zero attached hydrogens (tertiary/aromatic N) is 3. The van der Waals surface area contributed by atoms with Crippen LogP contribution in [0.2, 0.25) is 0 Å². The van der Waals surface area contributed by atoms with Crippen molar-refractivity contribution >= 4 is 21.8 Å². The quantitative estimate of drug-likeness (QED) is 0.593. The first-order valence-corrected chi connectivity index (χ1v) is 11.9. The smallest absolute Gasteiger partial charge is 0.270 e. The Morgan fingerprint density at radius 3 is 2.42 bits per heavy atom. The number of amides is 2. The molecule has 0 spiro atoms. The van der Waals surface area contributed by atoms with Gasteiger partial charge in [0.1, 0.15) is 16.0 Å². The van der Waals surface area contributed by atoms with Gasteiger partial charge in [-0.2, -0.15) is 5.26 Å². The summed E-state index contributed by atoms with van der Waals surface area (Å²) in [5, 5.41) is 11.5. The van der Waals surface area contributed by atoms with Crippen molar-refractivity contribution in [2.45, 2.75) is 30.7 Å². The number of carbonyl (C=O) groups is 2. The molecular weight excluding hydrogens is 446 g/mol. The summed E-state index contributed by atoms with van der Waals surface area (Å²) in [6, 6.07) is 11.5. The van der Waals surface area contributed by atoms with Gasteiger partial charge in [-0.05, 0) is 49.7 Å². The lowest BCUT2D eigenvalue weighted by molar-refractivity contribution is 0.0694. The van der Waals surface area contributed by atoms with E-state index in [-0.39, 0.29) is 37.4 Å². The molecule has 2 N–H and O–H groups in total. The van der Waals surface area contributed by atoms with Crippen molar-refractivity contribution in [1.82, 2.24) is 19.5 Å².